The van der Waals surface area contributed by atoms with Gasteiger partial charge in [-0.1, -0.05) is 12.1 Å². The smallest absolute Gasteiger partial charge is 0.258 e. The van der Waals surface area contributed by atoms with E-state index in [1.807, 2.05) is 53.5 Å². The molecule has 21 heavy (non-hydrogen) atoms. The average molecular weight is 280 g/mol. The van der Waals surface area contributed by atoms with Gasteiger partial charge in [0.15, 0.2) is 0 Å². The van der Waals surface area contributed by atoms with Gasteiger partial charge in [0.2, 0.25) is 0 Å². The lowest BCUT2D eigenvalue weighted by Crippen LogP contribution is -2.48. The van der Waals surface area contributed by atoms with Gasteiger partial charge in [-0.2, -0.15) is 0 Å². The fourth-order valence-corrected chi connectivity index (χ4v) is 2.75. The third-order valence-electron chi connectivity index (χ3n) is 3.92. The number of carbonyl (C=O) groups excluding carboxylic acids is 1. The Labute approximate surface area is 123 Å². The predicted octanol–water partition coefficient (Wildman–Crippen LogP) is 3.35. The topological polar surface area (TPSA) is 45.5 Å². The number of nitrogens with one attached hydrogen (secondary N) is 1. The molecule has 0 spiro atoms. The standard InChI is InChI=1S/C17H16N2O2/c20-17-14-5-1-2-6-15(14)18-16(19(17)12-7-8-12)10-9-13-4-3-11-21-13/h1-6,9-12,16,18H,7-8H2/b10-9-/t16-/m1/s1. The molecule has 1 amide bonds. The zero-order chi connectivity index (χ0) is 14.2. The summed E-state index contributed by atoms with van der Waals surface area (Å²) in [7, 11) is 0. The molecule has 2 aromatic rings. The lowest BCUT2D eigenvalue weighted by molar-refractivity contribution is 0.0703. The minimum atomic E-state index is -0.120. The summed E-state index contributed by atoms with van der Waals surface area (Å²) in [4.78, 5) is 14.6. The van der Waals surface area contributed by atoms with E-state index in [0.29, 0.717) is 6.04 Å². The maximum absolute atomic E-state index is 12.7. The van der Waals surface area contributed by atoms with Gasteiger partial charge >= 0.3 is 0 Å². The third kappa shape index (κ3) is 2.23. The molecule has 1 aromatic heterocycles. The van der Waals surface area contributed by atoms with Gasteiger partial charge in [0.05, 0.1) is 11.8 Å². The van der Waals surface area contributed by atoms with Crippen LogP contribution in [0.15, 0.2) is 53.2 Å². The highest BCUT2D eigenvalue weighted by Crippen LogP contribution is 2.35. The lowest BCUT2D eigenvalue weighted by atomic mass is 10.1. The lowest BCUT2D eigenvalue weighted by Gasteiger charge is -2.36. The van der Waals surface area contributed by atoms with Gasteiger partial charge in [-0.25, -0.2) is 0 Å². The first-order chi connectivity index (χ1) is 10.3. The zero-order valence-electron chi connectivity index (χ0n) is 11.5. The number of carbonyl (C=O) groups is 1. The summed E-state index contributed by atoms with van der Waals surface area (Å²) in [5, 5.41) is 3.44. The van der Waals surface area contributed by atoms with Crippen molar-refractivity contribution in [2.45, 2.75) is 25.0 Å². The zero-order valence-corrected chi connectivity index (χ0v) is 11.5. The fraction of sp³-hybridized carbons (Fsp3) is 0.235. The molecule has 4 nitrogen and oxygen atoms in total. The van der Waals surface area contributed by atoms with Crippen LogP contribution in [0.1, 0.15) is 29.0 Å². The molecule has 106 valence electrons. The van der Waals surface area contributed by atoms with Crippen LogP contribution in [-0.2, 0) is 0 Å². The van der Waals surface area contributed by atoms with Crippen LogP contribution in [-0.4, -0.2) is 23.0 Å². The summed E-state index contributed by atoms with van der Waals surface area (Å²) >= 11 is 0. The molecular weight excluding hydrogens is 264 g/mol. The SMILES string of the molecule is O=C1c2ccccc2N[C@@H](/C=C\c2ccco2)N1C1CC1. The Bertz CT molecular complexity index is 687. The van der Waals surface area contributed by atoms with Gasteiger partial charge in [-0.3, -0.25) is 4.79 Å². The van der Waals surface area contributed by atoms with Crippen molar-refractivity contribution in [2.75, 3.05) is 5.32 Å². The molecule has 0 radical (unpaired) electrons. The second-order valence-electron chi connectivity index (χ2n) is 5.45. The Morgan fingerprint density at radius 1 is 1.19 bits per heavy atom. The van der Waals surface area contributed by atoms with Crippen molar-refractivity contribution in [1.82, 2.24) is 4.90 Å². The summed E-state index contributed by atoms with van der Waals surface area (Å²) in [5.41, 5.74) is 1.65. The molecule has 1 aliphatic carbocycles. The highest BCUT2D eigenvalue weighted by atomic mass is 16.3. The number of benzene rings is 1. The number of hydrogen-bond acceptors (Lipinski definition) is 3. The minimum Gasteiger partial charge on any atom is -0.465 e. The molecule has 2 heterocycles. The van der Waals surface area contributed by atoms with Gasteiger partial charge in [-0.15, -0.1) is 0 Å². The molecule has 1 aromatic carbocycles. The van der Waals surface area contributed by atoms with E-state index in [9.17, 15) is 4.79 Å². The van der Waals surface area contributed by atoms with Crippen LogP contribution < -0.4 is 5.32 Å². The van der Waals surface area contributed by atoms with Crippen molar-refractivity contribution >= 4 is 17.7 Å². The van der Waals surface area contributed by atoms with E-state index < -0.39 is 0 Å². The summed E-state index contributed by atoms with van der Waals surface area (Å²) in [6.07, 6.45) is 7.60. The monoisotopic (exact) mass is 280 g/mol. The summed E-state index contributed by atoms with van der Waals surface area (Å²) in [6.45, 7) is 0. The third-order valence-corrected chi connectivity index (χ3v) is 3.92. The molecule has 0 saturated heterocycles. The van der Waals surface area contributed by atoms with E-state index in [4.69, 9.17) is 4.42 Å². The Kier molecular flexibility index (Phi) is 2.81. The molecule has 1 fully saturated rings. The molecular formula is C17H16N2O2. The summed E-state index contributed by atoms with van der Waals surface area (Å²) < 4.78 is 5.31. The number of furan rings is 1. The maximum atomic E-state index is 12.7. The van der Waals surface area contributed by atoms with E-state index in [0.717, 1.165) is 29.9 Å². The largest absolute Gasteiger partial charge is 0.465 e. The summed E-state index contributed by atoms with van der Waals surface area (Å²) in [6, 6.07) is 11.8. The number of nitrogens with zero attached hydrogens (tertiary/aromatic N) is 1. The molecule has 0 unspecified atom stereocenters. The number of rotatable bonds is 3. The highest BCUT2D eigenvalue weighted by Gasteiger charge is 2.40. The maximum Gasteiger partial charge on any atom is 0.258 e. The van der Waals surface area contributed by atoms with Crippen LogP contribution in [0.5, 0.6) is 0 Å². The quantitative estimate of drug-likeness (QED) is 0.937. The van der Waals surface area contributed by atoms with E-state index in [-0.39, 0.29) is 12.1 Å². The molecule has 0 bridgehead atoms. The number of para-hydroxylation sites is 1. The van der Waals surface area contributed by atoms with Crippen molar-refractivity contribution in [3.05, 3.63) is 60.1 Å². The second kappa shape index (κ2) is 4.81. The first kappa shape index (κ1) is 12.3. The number of hydrogen-bond donors (Lipinski definition) is 1. The Balaban J connectivity index is 1.67. The minimum absolute atomic E-state index is 0.112. The average Bonchev–Trinajstić information content (AvgIpc) is 3.20. The molecule has 1 aliphatic heterocycles. The van der Waals surface area contributed by atoms with Gasteiger partial charge in [0.1, 0.15) is 11.9 Å². The number of amides is 1. The molecule has 4 rings (SSSR count). The summed E-state index contributed by atoms with van der Waals surface area (Å²) in [5.74, 6) is 0.903. The van der Waals surface area contributed by atoms with Crippen LogP contribution in [0.3, 0.4) is 0 Å². The van der Waals surface area contributed by atoms with Crippen LogP contribution in [0.25, 0.3) is 6.08 Å². The molecule has 1 saturated carbocycles. The highest BCUT2D eigenvalue weighted by molar-refractivity contribution is 6.02. The molecule has 1 N–H and O–H groups in total. The molecule has 2 aliphatic rings. The van der Waals surface area contributed by atoms with Crippen LogP contribution in [0, 0.1) is 0 Å². The van der Waals surface area contributed by atoms with Crippen molar-refractivity contribution in [1.29, 1.82) is 0 Å². The van der Waals surface area contributed by atoms with E-state index >= 15 is 0 Å². The normalized spacial score (nSPS) is 21.4. The molecule has 1 atom stereocenters. The van der Waals surface area contributed by atoms with Gasteiger partial charge in [0, 0.05) is 11.7 Å². The van der Waals surface area contributed by atoms with Gasteiger partial charge in [0.25, 0.3) is 5.91 Å². The first-order valence-corrected chi connectivity index (χ1v) is 7.23. The van der Waals surface area contributed by atoms with E-state index in [1.165, 1.54) is 0 Å². The van der Waals surface area contributed by atoms with Crippen LogP contribution in [0.2, 0.25) is 0 Å². The van der Waals surface area contributed by atoms with Gasteiger partial charge < -0.3 is 14.6 Å². The Hall–Kier alpha value is -2.49. The number of anilines is 1. The van der Waals surface area contributed by atoms with E-state index in [1.54, 1.807) is 6.26 Å². The fourth-order valence-electron chi connectivity index (χ4n) is 2.75. The van der Waals surface area contributed by atoms with Crippen molar-refractivity contribution in [2.24, 2.45) is 0 Å². The predicted molar refractivity (Wildman–Crippen MR) is 80.8 cm³/mol. The second-order valence-corrected chi connectivity index (χ2v) is 5.45. The van der Waals surface area contributed by atoms with Gasteiger partial charge in [-0.05, 0) is 49.3 Å². The van der Waals surface area contributed by atoms with E-state index in [2.05, 4.69) is 5.32 Å². The number of fused-ring (bicyclic) bond motifs is 1. The molecule has 4 heteroatoms. The first-order valence-electron chi connectivity index (χ1n) is 7.23. The van der Waals surface area contributed by atoms with Crippen molar-refractivity contribution in [3.63, 3.8) is 0 Å². The van der Waals surface area contributed by atoms with Crippen LogP contribution >= 0.6 is 0 Å². The Morgan fingerprint density at radius 3 is 2.81 bits per heavy atom. The van der Waals surface area contributed by atoms with Crippen molar-refractivity contribution in [3.8, 4) is 0 Å². The van der Waals surface area contributed by atoms with Crippen LogP contribution in [0.4, 0.5) is 5.69 Å². The van der Waals surface area contributed by atoms with Crippen molar-refractivity contribution < 1.29 is 9.21 Å². The Morgan fingerprint density at radius 2 is 2.05 bits per heavy atom.